The second kappa shape index (κ2) is 4.88. The van der Waals surface area contributed by atoms with Gasteiger partial charge in [0.05, 0.1) is 35.0 Å². The van der Waals surface area contributed by atoms with Crippen molar-refractivity contribution in [3.05, 3.63) is 41.1 Å². The SMILES string of the molecule is Cc1nc2ccccc2c2c1C(=O)N(CC1CCCO1)C2=O. The van der Waals surface area contributed by atoms with Crippen molar-refractivity contribution in [1.29, 1.82) is 0 Å². The van der Waals surface area contributed by atoms with Gasteiger partial charge in [-0.1, -0.05) is 18.2 Å². The number of rotatable bonds is 2. The third kappa shape index (κ3) is 1.85. The Bertz CT molecular complexity index is 794. The highest BCUT2D eigenvalue weighted by Gasteiger charge is 2.40. The molecule has 0 bridgehead atoms. The van der Waals surface area contributed by atoms with Gasteiger partial charge in [0.1, 0.15) is 0 Å². The summed E-state index contributed by atoms with van der Waals surface area (Å²) in [5, 5.41) is 0.747. The van der Waals surface area contributed by atoms with Crippen LogP contribution < -0.4 is 0 Å². The van der Waals surface area contributed by atoms with E-state index in [1.165, 1.54) is 4.90 Å². The van der Waals surface area contributed by atoms with Crippen molar-refractivity contribution in [2.45, 2.75) is 25.9 Å². The van der Waals surface area contributed by atoms with E-state index in [4.69, 9.17) is 4.74 Å². The summed E-state index contributed by atoms with van der Waals surface area (Å²) < 4.78 is 5.57. The van der Waals surface area contributed by atoms with Crippen molar-refractivity contribution in [3.8, 4) is 0 Å². The highest BCUT2D eigenvalue weighted by molar-refractivity contribution is 6.26. The van der Waals surface area contributed by atoms with Gasteiger partial charge in [0, 0.05) is 12.0 Å². The third-order valence-corrected chi connectivity index (χ3v) is 4.40. The van der Waals surface area contributed by atoms with Crippen LogP contribution in [-0.2, 0) is 4.74 Å². The van der Waals surface area contributed by atoms with Crippen molar-refractivity contribution in [1.82, 2.24) is 9.88 Å². The number of imide groups is 1. The molecule has 1 unspecified atom stereocenters. The van der Waals surface area contributed by atoms with E-state index in [-0.39, 0.29) is 17.9 Å². The maximum absolute atomic E-state index is 12.8. The summed E-state index contributed by atoms with van der Waals surface area (Å²) in [7, 11) is 0. The molecule has 1 saturated heterocycles. The van der Waals surface area contributed by atoms with Crippen LogP contribution >= 0.6 is 0 Å². The van der Waals surface area contributed by atoms with Gasteiger partial charge in [0.25, 0.3) is 11.8 Å². The van der Waals surface area contributed by atoms with E-state index in [1.54, 1.807) is 6.92 Å². The van der Waals surface area contributed by atoms with E-state index >= 15 is 0 Å². The van der Waals surface area contributed by atoms with Gasteiger partial charge in [0.2, 0.25) is 0 Å². The second-order valence-corrected chi connectivity index (χ2v) is 5.82. The van der Waals surface area contributed by atoms with Crippen LogP contribution in [0, 0.1) is 6.92 Å². The average molecular weight is 296 g/mol. The first kappa shape index (κ1) is 13.4. The van der Waals surface area contributed by atoms with Gasteiger partial charge < -0.3 is 4.74 Å². The summed E-state index contributed by atoms with van der Waals surface area (Å²) in [6, 6.07) is 7.46. The van der Waals surface area contributed by atoms with Crippen LogP contribution in [0.2, 0.25) is 0 Å². The normalized spacial score (nSPS) is 21.0. The van der Waals surface area contributed by atoms with Crippen LogP contribution in [0.5, 0.6) is 0 Å². The first-order valence-corrected chi connectivity index (χ1v) is 7.54. The van der Waals surface area contributed by atoms with Crippen molar-refractivity contribution in [3.63, 3.8) is 0 Å². The highest BCUT2D eigenvalue weighted by atomic mass is 16.5. The monoisotopic (exact) mass is 296 g/mol. The number of aryl methyl sites for hydroxylation is 1. The zero-order valence-electron chi connectivity index (χ0n) is 12.3. The predicted octanol–water partition coefficient (Wildman–Crippen LogP) is 2.32. The number of hydrogen-bond acceptors (Lipinski definition) is 4. The standard InChI is InChI=1S/C17H16N2O3/c1-10-14-15(12-6-2-3-7-13(12)18-10)17(21)19(16(14)20)9-11-5-4-8-22-11/h2-3,6-7,11H,4-5,8-9H2,1H3. The maximum Gasteiger partial charge on any atom is 0.263 e. The number of carbonyl (C=O) groups is 2. The summed E-state index contributed by atoms with van der Waals surface area (Å²) in [4.78, 5) is 31.2. The molecule has 1 aromatic carbocycles. The summed E-state index contributed by atoms with van der Waals surface area (Å²) in [5.74, 6) is -0.469. The van der Waals surface area contributed by atoms with Gasteiger partial charge in [0.15, 0.2) is 0 Å². The molecule has 0 radical (unpaired) electrons. The number of ether oxygens (including phenoxy) is 1. The molecule has 3 heterocycles. The Hall–Kier alpha value is -2.27. The maximum atomic E-state index is 12.8. The average Bonchev–Trinajstić information content (AvgIpc) is 3.10. The smallest absolute Gasteiger partial charge is 0.263 e. The molecule has 0 N–H and O–H groups in total. The molecule has 2 aromatic rings. The molecule has 5 heteroatoms. The fourth-order valence-electron chi connectivity index (χ4n) is 3.34. The number of nitrogens with zero attached hydrogens (tertiary/aromatic N) is 2. The topological polar surface area (TPSA) is 59.5 Å². The number of pyridine rings is 1. The van der Waals surface area contributed by atoms with E-state index < -0.39 is 0 Å². The molecular weight excluding hydrogens is 280 g/mol. The molecule has 2 amide bonds. The number of hydrogen-bond donors (Lipinski definition) is 0. The third-order valence-electron chi connectivity index (χ3n) is 4.40. The van der Waals surface area contributed by atoms with Crippen molar-refractivity contribution >= 4 is 22.7 Å². The van der Waals surface area contributed by atoms with Crippen LogP contribution in [0.3, 0.4) is 0 Å². The van der Waals surface area contributed by atoms with E-state index in [2.05, 4.69) is 4.98 Å². The molecule has 1 fully saturated rings. The Morgan fingerprint density at radius 2 is 2.00 bits per heavy atom. The number of carbonyl (C=O) groups excluding carboxylic acids is 2. The summed E-state index contributed by atoms with van der Waals surface area (Å²) >= 11 is 0. The van der Waals surface area contributed by atoms with E-state index in [0.29, 0.717) is 30.0 Å². The van der Waals surface area contributed by atoms with E-state index in [9.17, 15) is 9.59 Å². The van der Waals surface area contributed by atoms with Gasteiger partial charge in [-0.05, 0) is 25.8 Å². The van der Waals surface area contributed by atoms with E-state index in [0.717, 1.165) is 23.7 Å². The Labute approximate surface area is 127 Å². The van der Waals surface area contributed by atoms with Gasteiger partial charge in [-0.2, -0.15) is 0 Å². The van der Waals surface area contributed by atoms with Crippen LogP contribution in [-0.4, -0.2) is 41.0 Å². The van der Waals surface area contributed by atoms with Crippen LogP contribution in [0.1, 0.15) is 39.3 Å². The summed E-state index contributed by atoms with van der Waals surface area (Å²) in [6.45, 7) is 2.82. The van der Waals surface area contributed by atoms with Gasteiger partial charge in [-0.25, -0.2) is 0 Å². The molecule has 0 spiro atoms. The molecule has 2 aliphatic heterocycles. The first-order valence-electron chi connectivity index (χ1n) is 7.54. The van der Waals surface area contributed by atoms with Crippen molar-refractivity contribution in [2.24, 2.45) is 0 Å². The molecule has 0 aliphatic carbocycles. The largest absolute Gasteiger partial charge is 0.376 e. The highest BCUT2D eigenvalue weighted by Crippen LogP contribution is 2.32. The molecule has 1 atom stereocenters. The lowest BCUT2D eigenvalue weighted by molar-refractivity contribution is 0.0476. The zero-order chi connectivity index (χ0) is 15.3. The van der Waals surface area contributed by atoms with Crippen LogP contribution in [0.25, 0.3) is 10.9 Å². The first-order chi connectivity index (χ1) is 10.7. The van der Waals surface area contributed by atoms with Gasteiger partial charge >= 0.3 is 0 Å². The minimum absolute atomic E-state index is 0.0401. The molecule has 112 valence electrons. The molecule has 1 aromatic heterocycles. The number of benzene rings is 1. The van der Waals surface area contributed by atoms with Gasteiger partial charge in [-0.3, -0.25) is 19.5 Å². The number of fused-ring (bicyclic) bond motifs is 3. The zero-order valence-corrected chi connectivity index (χ0v) is 12.3. The number of aromatic nitrogens is 1. The quantitative estimate of drug-likeness (QED) is 0.798. The Kier molecular flexibility index (Phi) is 2.97. The summed E-state index contributed by atoms with van der Waals surface area (Å²) in [6.07, 6.45) is 1.84. The summed E-state index contributed by atoms with van der Waals surface area (Å²) in [5.41, 5.74) is 2.30. The van der Waals surface area contributed by atoms with Crippen LogP contribution in [0.15, 0.2) is 24.3 Å². The van der Waals surface area contributed by atoms with Crippen LogP contribution in [0.4, 0.5) is 0 Å². The lowest BCUT2D eigenvalue weighted by atomic mass is 10.0. The minimum Gasteiger partial charge on any atom is -0.376 e. The molecule has 4 rings (SSSR count). The van der Waals surface area contributed by atoms with Crippen molar-refractivity contribution in [2.75, 3.05) is 13.2 Å². The molecule has 5 nitrogen and oxygen atoms in total. The Morgan fingerprint density at radius 1 is 1.23 bits per heavy atom. The Morgan fingerprint density at radius 3 is 2.77 bits per heavy atom. The number of amides is 2. The predicted molar refractivity (Wildman–Crippen MR) is 80.8 cm³/mol. The fraction of sp³-hybridized carbons (Fsp3) is 0.353. The van der Waals surface area contributed by atoms with Crippen molar-refractivity contribution < 1.29 is 14.3 Å². The number of para-hydroxylation sites is 1. The Balaban J connectivity index is 1.82. The van der Waals surface area contributed by atoms with Gasteiger partial charge in [-0.15, -0.1) is 0 Å². The fourth-order valence-corrected chi connectivity index (χ4v) is 3.34. The lowest BCUT2D eigenvalue weighted by Gasteiger charge is -2.18. The minimum atomic E-state index is -0.244. The molecule has 2 aliphatic rings. The second-order valence-electron chi connectivity index (χ2n) is 5.82. The molecular formula is C17H16N2O3. The lowest BCUT2D eigenvalue weighted by Crippen LogP contribution is -2.36. The molecule has 22 heavy (non-hydrogen) atoms. The van der Waals surface area contributed by atoms with E-state index in [1.807, 2.05) is 24.3 Å². The molecule has 0 saturated carbocycles.